The summed E-state index contributed by atoms with van der Waals surface area (Å²) in [6.07, 6.45) is 4.03. The molecule has 0 spiro atoms. The molecule has 2 aliphatic heterocycles. The van der Waals surface area contributed by atoms with E-state index in [0.29, 0.717) is 5.88 Å². The maximum atomic E-state index is 5.95. The molecule has 0 N–H and O–H groups in total. The monoisotopic (exact) mass is 278 g/mol. The van der Waals surface area contributed by atoms with Crippen LogP contribution in [0.2, 0.25) is 0 Å². The number of aryl methyl sites for hydroxylation is 1. The van der Waals surface area contributed by atoms with E-state index < -0.39 is 0 Å². The van der Waals surface area contributed by atoms with Gasteiger partial charge < -0.3 is 4.90 Å². The molecule has 2 fully saturated rings. The van der Waals surface area contributed by atoms with Gasteiger partial charge in [0.1, 0.15) is 0 Å². The van der Waals surface area contributed by atoms with Crippen LogP contribution in [0.5, 0.6) is 0 Å². The third kappa shape index (κ3) is 2.75. The molecule has 19 heavy (non-hydrogen) atoms. The van der Waals surface area contributed by atoms with Gasteiger partial charge in [-0.2, -0.15) is 0 Å². The molecule has 2 heterocycles. The minimum Gasteiger partial charge on any atom is -0.370 e. The predicted molar refractivity (Wildman–Crippen MR) is 82.2 cm³/mol. The van der Waals surface area contributed by atoms with Crippen molar-refractivity contribution in [3.05, 3.63) is 29.3 Å². The molecule has 2 nitrogen and oxygen atoms in total. The maximum Gasteiger partial charge on any atom is 0.0476 e. The fraction of sp³-hybridized carbons (Fsp3) is 0.625. The molecule has 1 unspecified atom stereocenters. The van der Waals surface area contributed by atoms with Crippen molar-refractivity contribution in [1.29, 1.82) is 0 Å². The zero-order valence-corrected chi connectivity index (χ0v) is 12.5. The molecule has 1 aromatic rings. The van der Waals surface area contributed by atoms with E-state index >= 15 is 0 Å². The Bertz CT molecular complexity index is 446. The van der Waals surface area contributed by atoms with Crippen LogP contribution in [-0.4, -0.2) is 37.1 Å². The zero-order chi connectivity index (χ0) is 13.2. The van der Waals surface area contributed by atoms with Crippen LogP contribution in [-0.2, 0) is 5.88 Å². The number of halogens is 1. The predicted octanol–water partition coefficient (Wildman–Crippen LogP) is 3.41. The van der Waals surface area contributed by atoms with Crippen LogP contribution in [0.25, 0.3) is 0 Å². The van der Waals surface area contributed by atoms with Gasteiger partial charge in [-0.3, -0.25) is 4.90 Å². The lowest BCUT2D eigenvalue weighted by molar-refractivity contribution is 0.273. The Morgan fingerprint density at radius 1 is 1.21 bits per heavy atom. The Kier molecular flexibility index (Phi) is 3.99. The van der Waals surface area contributed by atoms with E-state index in [1.807, 2.05) is 0 Å². The van der Waals surface area contributed by atoms with Gasteiger partial charge in [0.05, 0.1) is 0 Å². The number of rotatable bonds is 2. The second-order valence-electron chi connectivity index (χ2n) is 5.88. The molecule has 2 aliphatic rings. The van der Waals surface area contributed by atoms with Crippen LogP contribution in [0.3, 0.4) is 0 Å². The summed E-state index contributed by atoms with van der Waals surface area (Å²) in [6.45, 7) is 7.13. The minimum atomic E-state index is 0.614. The summed E-state index contributed by atoms with van der Waals surface area (Å²) >= 11 is 5.95. The van der Waals surface area contributed by atoms with Crippen LogP contribution >= 0.6 is 11.6 Å². The summed E-state index contributed by atoms with van der Waals surface area (Å²) in [5, 5.41) is 0. The van der Waals surface area contributed by atoms with E-state index in [1.165, 1.54) is 62.3 Å². The smallest absolute Gasteiger partial charge is 0.0476 e. The first-order valence-electron chi connectivity index (χ1n) is 7.42. The molecule has 3 rings (SSSR count). The molecule has 1 atom stereocenters. The average molecular weight is 279 g/mol. The third-order valence-corrected chi connectivity index (χ3v) is 4.93. The van der Waals surface area contributed by atoms with E-state index in [4.69, 9.17) is 11.6 Å². The fourth-order valence-electron chi connectivity index (χ4n) is 3.47. The molecule has 3 heteroatoms. The molecule has 0 radical (unpaired) electrons. The highest BCUT2D eigenvalue weighted by molar-refractivity contribution is 6.17. The topological polar surface area (TPSA) is 6.48 Å². The standard InChI is InChI=1S/C16H23ClN2/c1-13-10-15(6-5-14(13)11-17)19-9-3-8-18-7-2-4-16(18)12-19/h5-6,10,16H,2-4,7-9,11-12H2,1H3. The van der Waals surface area contributed by atoms with Crippen LogP contribution in [0, 0.1) is 6.92 Å². The summed E-state index contributed by atoms with van der Waals surface area (Å²) in [7, 11) is 0. The summed E-state index contributed by atoms with van der Waals surface area (Å²) in [6, 6.07) is 7.52. The Balaban J connectivity index is 1.79. The zero-order valence-electron chi connectivity index (χ0n) is 11.7. The maximum absolute atomic E-state index is 5.95. The van der Waals surface area contributed by atoms with Crippen molar-refractivity contribution in [2.45, 2.75) is 38.1 Å². The van der Waals surface area contributed by atoms with Crippen LogP contribution in [0.15, 0.2) is 18.2 Å². The summed E-state index contributed by atoms with van der Waals surface area (Å²) < 4.78 is 0. The second kappa shape index (κ2) is 5.72. The van der Waals surface area contributed by atoms with Gasteiger partial charge in [-0.15, -0.1) is 11.6 Å². The number of nitrogens with zero attached hydrogens (tertiary/aromatic N) is 2. The Morgan fingerprint density at radius 2 is 2.05 bits per heavy atom. The highest BCUT2D eigenvalue weighted by atomic mass is 35.5. The molecule has 0 saturated carbocycles. The van der Waals surface area contributed by atoms with Crippen molar-refractivity contribution in [2.24, 2.45) is 0 Å². The fourth-order valence-corrected chi connectivity index (χ4v) is 3.77. The van der Waals surface area contributed by atoms with Gasteiger partial charge in [-0.25, -0.2) is 0 Å². The van der Waals surface area contributed by atoms with Crippen LogP contribution in [0.4, 0.5) is 5.69 Å². The molecule has 1 aromatic carbocycles. The number of hydrogen-bond acceptors (Lipinski definition) is 2. The summed E-state index contributed by atoms with van der Waals surface area (Å²) in [4.78, 5) is 5.25. The van der Waals surface area contributed by atoms with E-state index in [-0.39, 0.29) is 0 Å². The van der Waals surface area contributed by atoms with Crippen molar-refractivity contribution >= 4 is 17.3 Å². The second-order valence-corrected chi connectivity index (χ2v) is 6.14. The van der Waals surface area contributed by atoms with Gasteiger partial charge >= 0.3 is 0 Å². The highest BCUT2D eigenvalue weighted by Crippen LogP contribution is 2.26. The van der Waals surface area contributed by atoms with Gasteiger partial charge in [-0.1, -0.05) is 6.07 Å². The molecule has 0 aliphatic carbocycles. The van der Waals surface area contributed by atoms with Crippen molar-refractivity contribution in [3.8, 4) is 0 Å². The quantitative estimate of drug-likeness (QED) is 0.765. The van der Waals surface area contributed by atoms with Crippen molar-refractivity contribution in [3.63, 3.8) is 0 Å². The largest absolute Gasteiger partial charge is 0.370 e. The van der Waals surface area contributed by atoms with E-state index in [0.717, 1.165) is 6.04 Å². The summed E-state index contributed by atoms with van der Waals surface area (Å²) in [5.74, 6) is 0.614. The number of fused-ring (bicyclic) bond motifs is 1. The Labute approximate surface area is 121 Å². The van der Waals surface area contributed by atoms with E-state index in [1.54, 1.807) is 0 Å². The lowest BCUT2D eigenvalue weighted by atomic mass is 10.1. The number of alkyl halides is 1. The SMILES string of the molecule is Cc1cc(N2CCCN3CCCC3C2)ccc1CCl. The molecule has 0 bridgehead atoms. The molecule has 2 saturated heterocycles. The number of hydrogen-bond donors (Lipinski definition) is 0. The summed E-state index contributed by atoms with van der Waals surface area (Å²) in [5.41, 5.74) is 3.95. The Morgan fingerprint density at radius 3 is 2.84 bits per heavy atom. The van der Waals surface area contributed by atoms with E-state index in [9.17, 15) is 0 Å². The molecule has 104 valence electrons. The molecule has 0 amide bonds. The van der Waals surface area contributed by atoms with Gasteiger partial charge in [0.25, 0.3) is 0 Å². The first kappa shape index (κ1) is 13.3. The Hall–Kier alpha value is -0.730. The van der Waals surface area contributed by atoms with E-state index in [2.05, 4.69) is 34.9 Å². The molecular formula is C16H23ClN2. The average Bonchev–Trinajstić information content (AvgIpc) is 2.76. The van der Waals surface area contributed by atoms with Crippen LogP contribution in [0.1, 0.15) is 30.4 Å². The van der Waals surface area contributed by atoms with Crippen LogP contribution < -0.4 is 4.90 Å². The van der Waals surface area contributed by atoms with Gasteiger partial charge in [0, 0.05) is 37.2 Å². The lowest BCUT2D eigenvalue weighted by Crippen LogP contribution is -2.36. The van der Waals surface area contributed by atoms with Gasteiger partial charge in [0.15, 0.2) is 0 Å². The van der Waals surface area contributed by atoms with Gasteiger partial charge in [-0.05, 0) is 56.0 Å². The lowest BCUT2D eigenvalue weighted by Gasteiger charge is -2.27. The normalized spacial score (nSPS) is 24.3. The van der Waals surface area contributed by atoms with Crippen molar-refractivity contribution in [1.82, 2.24) is 4.90 Å². The van der Waals surface area contributed by atoms with Crippen molar-refractivity contribution in [2.75, 3.05) is 31.1 Å². The number of benzene rings is 1. The highest BCUT2D eigenvalue weighted by Gasteiger charge is 2.28. The first-order chi connectivity index (χ1) is 9.28. The molecule has 0 aromatic heterocycles. The number of anilines is 1. The van der Waals surface area contributed by atoms with Gasteiger partial charge in [0.2, 0.25) is 0 Å². The third-order valence-electron chi connectivity index (χ3n) is 4.64. The van der Waals surface area contributed by atoms with Crippen molar-refractivity contribution < 1.29 is 0 Å². The first-order valence-corrected chi connectivity index (χ1v) is 7.96. The minimum absolute atomic E-state index is 0.614. The molecular weight excluding hydrogens is 256 g/mol.